The van der Waals surface area contributed by atoms with E-state index >= 15 is 0 Å². The van der Waals surface area contributed by atoms with Crippen LogP contribution < -0.4 is 4.72 Å². The first-order chi connectivity index (χ1) is 16.5. The van der Waals surface area contributed by atoms with E-state index < -0.39 is 34.0 Å². The highest BCUT2D eigenvalue weighted by atomic mass is 32.2. The molecule has 0 aromatic heterocycles. The third-order valence-electron chi connectivity index (χ3n) is 5.14. The van der Waals surface area contributed by atoms with Gasteiger partial charge in [-0.05, 0) is 62.7 Å². The monoisotopic (exact) mass is 498 g/mol. The smallest absolute Gasteiger partial charge is 0.340 e. The summed E-state index contributed by atoms with van der Waals surface area (Å²) < 4.78 is 46.1. The Bertz CT molecular complexity index is 1290. The zero-order valence-electron chi connectivity index (χ0n) is 19.7. The number of amides is 1. The van der Waals surface area contributed by atoms with Gasteiger partial charge in [0.2, 0.25) is 0 Å². The van der Waals surface area contributed by atoms with Gasteiger partial charge in [0.1, 0.15) is 5.82 Å². The maximum Gasteiger partial charge on any atom is 0.340 e. The van der Waals surface area contributed by atoms with Gasteiger partial charge in [-0.3, -0.25) is 9.52 Å². The van der Waals surface area contributed by atoms with Crippen LogP contribution in [0.4, 0.5) is 10.1 Å². The number of hydrogen-bond donors (Lipinski definition) is 1. The summed E-state index contributed by atoms with van der Waals surface area (Å²) in [5.41, 5.74) is 0.326. The molecule has 0 aliphatic carbocycles. The molecule has 0 spiro atoms. The largest absolute Gasteiger partial charge is 0.452 e. The van der Waals surface area contributed by atoms with Crippen molar-refractivity contribution in [1.29, 1.82) is 0 Å². The molecular formula is C26H27FN2O5S. The fraction of sp³-hybridized carbons (Fsp3) is 0.231. The molecule has 1 N–H and O–H groups in total. The molecule has 35 heavy (non-hydrogen) atoms. The number of benzene rings is 3. The van der Waals surface area contributed by atoms with E-state index in [4.69, 9.17) is 4.74 Å². The van der Waals surface area contributed by atoms with Crippen molar-refractivity contribution in [3.8, 4) is 0 Å². The number of sulfonamides is 1. The molecule has 0 fully saturated rings. The SMILES string of the molecule is CC(C)(C)N(Cc1ccccc1)C(=O)COC(=O)c1ccccc1NS(=O)(=O)c1ccc(F)cc1. The third-order valence-corrected chi connectivity index (χ3v) is 6.52. The minimum atomic E-state index is -4.08. The Morgan fingerprint density at radius 2 is 1.51 bits per heavy atom. The van der Waals surface area contributed by atoms with Gasteiger partial charge >= 0.3 is 5.97 Å². The number of anilines is 1. The number of halogens is 1. The summed E-state index contributed by atoms with van der Waals surface area (Å²) in [5, 5.41) is 0. The molecule has 0 aliphatic heterocycles. The molecule has 0 aliphatic rings. The first-order valence-electron chi connectivity index (χ1n) is 10.9. The van der Waals surface area contributed by atoms with Crippen LogP contribution in [0.25, 0.3) is 0 Å². The summed E-state index contributed by atoms with van der Waals surface area (Å²) in [5.74, 6) is -1.82. The lowest BCUT2D eigenvalue weighted by Crippen LogP contribution is -2.46. The van der Waals surface area contributed by atoms with E-state index in [0.717, 1.165) is 29.8 Å². The van der Waals surface area contributed by atoms with Crippen molar-refractivity contribution >= 4 is 27.6 Å². The van der Waals surface area contributed by atoms with Gasteiger partial charge in [-0.15, -0.1) is 0 Å². The zero-order chi connectivity index (χ0) is 25.6. The number of hydrogen-bond acceptors (Lipinski definition) is 5. The second-order valence-corrected chi connectivity index (χ2v) is 10.5. The highest BCUT2D eigenvalue weighted by Gasteiger charge is 2.28. The second-order valence-electron chi connectivity index (χ2n) is 8.82. The van der Waals surface area contributed by atoms with Crippen LogP contribution in [0.3, 0.4) is 0 Å². The Balaban J connectivity index is 1.73. The van der Waals surface area contributed by atoms with Crippen LogP contribution in [0.2, 0.25) is 0 Å². The van der Waals surface area contributed by atoms with E-state index in [0.29, 0.717) is 6.54 Å². The van der Waals surface area contributed by atoms with Gasteiger partial charge in [-0.25, -0.2) is 17.6 Å². The Morgan fingerprint density at radius 3 is 2.14 bits per heavy atom. The van der Waals surface area contributed by atoms with Crippen LogP contribution in [0.5, 0.6) is 0 Å². The van der Waals surface area contributed by atoms with E-state index in [9.17, 15) is 22.4 Å². The molecule has 3 aromatic carbocycles. The number of para-hydroxylation sites is 1. The molecule has 0 atom stereocenters. The van der Waals surface area contributed by atoms with E-state index in [-0.39, 0.29) is 22.1 Å². The lowest BCUT2D eigenvalue weighted by atomic mass is 10.0. The normalized spacial score (nSPS) is 11.5. The van der Waals surface area contributed by atoms with Gasteiger partial charge < -0.3 is 9.64 Å². The van der Waals surface area contributed by atoms with Crippen LogP contribution in [0.1, 0.15) is 36.7 Å². The summed E-state index contributed by atoms with van der Waals surface area (Å²) in [6, 6.07) is 19.6. The van der Waals surface area contributed by atoms with Gasteiger partial charge in [0, 0.05) is 12.1 Å². The first kappa shape index (κ1) is 25.9. The van der Waals surface area contributed by atoms with Gasteiger partial charge in [-0.2, -0.15) is 0 Å². The molecule has 0 radical (unpaired) electrons. The maximum absolute atomic E-state index is 13.2. The quantitative estimate of drug-likeness (QED) is 0.458. The molecule has 0 heterocycles. The number of nitrogens with one attached hydrogen (secondary N) is 1. The number of rotatable bonds is 8. The summed E-state index contributed by atoms with van der Waals surface area (Å²) in [6.07, 6.45) is 0. The standard InChI is InChI=1S/C26H27FN2O5S/c1-26(2,3)29(17-19-9-5-4-6-10-19)24(30)18-34-25(31)22-11-7-8-12-23(22)28-35(32,33)21-15-13-20(27)14-16-21/h4-16,28H,17-18H2,1-3H3. The van der Waals surface area contributed by atoms with Gasteiger partial charge in [-0.1, -0.05) is 42.5 Å². The zero-order valence-corrected chi connectivity index (χ0v) is 20.5. The fourth-order valence-electron chi connectivity index (χ4n) is 3.32. The number of ether oxygens (including phenoxy) is 1. The Labute approximate surface area is 204 Å². The summed E-state index contributed by atoms with van der Waals surface area (Å²) in [6.45, 7) is 5.48. The highest BCUT2D eigenvalue weighted by molar-refractivity contribution is 7.92. The second kappa shape index (κ2) is 10.7. The lowest BCUT2D eigenvalue weighted by molar-refractivity contribution is -0.140. The predicted octanol–water partition coefficient (Wildman–Crippen LogP) is 4.61. The molecule has 0 unspecified atom stereocenters. The van der Waals surface area contributed by atoms with Crippen LogP contribution in [0.15, 0.2) is 83.8 Å². The molecular weight excluding hydrogens is 471 g/mol. The van der Waals surface area contributed by atoms with Crippen molar-refractivity contribution in [3.63, 3.8) is 0 Å². The van der Waals surface area contributed by atoms with Crippen LogP contribution in [0, 0.1) is 5.82 Å². The predicted molar refractivity (Wildman–Crippen MR) is 131 cm³/mol. The molecule has 184 valence electrons. The molecule has 7 nitrogen and oxygen atoms in total. The fourth-order valence-corrected chi connectivity index (χ4v) is 4.40. The van der Waals surface area contributed by atoms with Crippen molar-refractivity contribution in [2.45, 2.75) is 37.8 Å². The molecule has 0 saturated carbocycles. The van der Waals surface area contributed by atoms with E-state index in [1.54, 1.807) is 17.0 Å². The Morgan fingerprint density at radius 1 is 0.914 bits per heavy atom. The van der Waals surface area contributed by atoms with Crippen molar-refractivity contribution in [2.24, 2.45) is 0 Å². The van der Waals surface area contributed by atoms with E-state index in [1.165, 1.54) is 12.1 Å². The van der Waals surface area contributed by atoms with Gasteiger partial charge in [0.05, 0.1) is 16.1 Å². The van der Waals surface area contributed by atoms with E-state index in [1.807, 2.05) is 51.1 Å². The number of esters is 1. The molecule has 3 rings (SSSR count). The average molecular weight is 499 g/mol. The number of carbonyl (C=O) groups excluding carboxylic acids is 2. The maximum atomic E-state index is 13.2. The minimum Gasteiger partial charge on any atom is -0.452 e. The van der Waals surface area contributed by atoms with Gasteiger partial charge in [0.15, 0.2) is 6.61 Å². The molecule has 9 heteroatoms. The molecule has 1 amide bonds. The highest BCUT2D eigenvalue weighted by Crippen LogP contribution is 2.22. The summed E-state index contributed by atoms with van der Waals surface area (Å²) in [4.78, 5) is 27.2. The van der Waals surface area contributed by atoms with E-state index in [2.05, 4.69) is 4.72 Å². The lowest BCUT2D eigenvalue weighted by Gasteiger charge is -2.35. The number of nitrogens with zero attached hydrogens (tertiary/aromatic N) is 1. The summed E-state index contributed by atoms with van der Waals surface area (Å²) >= 11 is 0. The van der Waals surface area contributed by atoms with Crippen LogP contribution in [-0.4, -0.2) is 37.3 Å². The minimum absolute atomic E-state index is 0.0220. The van der Waals surface area contributed by atoms with Crippen LogP contribution >= 0.6 is 0 Å². The number of carbonyl (C=O) groups is 2. The Kier molecular flexibility index (Phi) is 7.91. The van der Waals surface area contributed by atoms with Crippen molar-refractivity contribution in [3.05, 3.63) is 95.8 Å². The first-order valence-corrected chi connectivity index (χ1v) is 12.3. The van der Waals surface area contributed by atoms with Crippen molar-refractivity contribution in [1.82, 2.24) is 4.90 Å². The van der Waals surface area contributed by atoms with Crippen LogP contribution in [-0.2, 0) is 26.1 Å². The average Bonchev–Trinajstić information content (AvgIpc) is 2.81. The topological polar surface area (TPSA) is 92.8 Å². The van der Waals surface area contributed by atoms with Gasteiger partial charge in [0.25, 0.3) is 15.9 Å². The van der Waals surface area contributed by atoms with Crippen molar-refractivity contribution in [2.75, 3.05) is 11.3 Å². The Hall–Kier alpha value is -3.72. The van der Waals surface area contributed by atoms with Crippen molar-refractivity contribution < 1.29 is 27.1 Å². The molecule has 0 saturated heterocycles. The third kappa shape index (κ3) is 6.89. The summed E-state index contributed by atoms with van der Waals surface area (Å²) in [7, 11) is -4.08. The molecule has 3 aromatic rings. The molecule has 0 bridgehead atoms.